The Labute approximate surface area is 164 Å². The van der Waals surface area contributed by atoms with Crippen molar-refractivity contribution in [2.45, 2.75) is 27.7 Å². The number of nitrogens with zero attached hydrogens (tertiary/aromatic N) is 2. The van der Waals surface area contributed by atoms with Crippen molar-refractivity contribution < 1.29 is 9.47 Å². The molecular weight excluding hydrogens is 348 g/mol. The average Bonchev–Trinajstić information content (AvgIpc) is 2.62. The van der Waals surface area contributed by atoms with Crippen molar-refractivity contribution in [2.75, 3.05) is 0 Å². The molecule has 140 valence electrons. The van der Waals surface area contributed by atoms with E-state index in [0.717, 1.165) is 44.5 Å². The molecule has 0 aliphatic carbocycles. The Morgan fingerprint density at radius 2 is 0.893 bits per heavy atom. The first kappa shape index (κ1) is 18.0. The van der Waals surface area contributed by atoms with Crippen LogP contribution in [-0.2, 0) is 0 Å². The van der Waals surface area contributed by atoms with Gasteiger partial charge in [-0.3, -0.25) is 0 Å². The normalized spacial score (nSPS) is 10.9. The van der Waals surface area contributed by atoms with Gasteiger partial charge in [0.1, 0.15) is 11.5 Å². The number of fused-ring (bicyclic) bond motifs is 1. The summed E-state index contributed by atoms with van der Waals surface area (Å²) < 4.78 is 12.1. The van der Waals surface area contributed by atoms with Gasteiger partial charge in [0.25, 0.3) is 0 Å². The zero-order valence-electron chi connectivity index (χ0n) is 16.5. The SMILES string of the molecule is Cc1cc(C)cc(Oc2nnc(Oc3cc(C)cc(C)c3)c3ccccc23)c1. The van der Waals surface area contributed by atoms with Gasteiger partial charge in [0, 0.05) is 0 Å². The van der Waals surface area contributed by atoms with E-state index in [-0.39, 0.29) is 0 Å². The van der Waals surface area contributed by atoms with Crippen LogP contribution in [0.15, 0.2) is 60.7 Å². The van der Waals surface area contributed by atoms with Crippen LogP contribution < -0.4 is 9.47 Å². The van der Waals surface area contributed by atoms with Gasteiger partial charge in [-0.05, 0) is 86.3 Å². The van der Waals surface area contributed by atoms with Gasteiger partial charge in [0.05, 0.1) is 10.8 Å². The highest BCUT2D eigenvalue weighted by Crippen LogP contribution is 2.34. The Bertz CT molecular complexity index is 1040. The van der Waals surface area contributed by atoms with Gasteiger partial charge in [-0.1, -0.05) is 24.3 Å². The minimum absolute atomic E-state index is 0.466. The van der Waals surface area contributed by atoms with Crippen LogP contribution in [0.25, 0.3) is 10.8 Å². The molecule has 3 aromatic carbocycles. The second-order valence-corrected chi connectivity index (χ2v) is 7.21. The van der Waals surface area contributed by atoms with E-state index in [1.165, 1.54) is 0 Å². The highest BCUT2D eigenvalue weighted by molar-refractivity contribution is 5.90. The lowest BCUT2D eigenvalue weighted by atomic mass is 10.1. The summed E-state index contributed by atoms with van der Waals surface area (Å²) >= 11 is 0. The first-order chi connectivity index (χ1) is 13.5. The maximum absolute atomic E-state index is 6.07. The number of rotatable bonds is 4. The van der Waals surface area contributed by atoms with Crippen LogP contribution in [0.2, 0.25) is 0 Å². The summed E-state index contributed by atoms with van der Waals surface area (Å²) in [6.45, 7) is 8.18. The molecular formula is C24H22N2O2. The lowest BCUT2D eigenvalue weighted by Gasteiger charge is -2.12. The molecule has 0 saturated carbocycles. The fourth-order valence-corrected chi connectivity index (χ4v) is 3.41. The quantitative estimate of drug-likeness (QED) is 0.414. The summed E-state index contributed by atoms with van der Waals surface area (Å²) in [5.74, 6) is 2.43. The Hall–Kier alpha value is -3.40. The highest BCUT2D eigenvalue weighted by atomic mass is 16.5. The van der Waals surface area contributed by atoms with Gasteiger partial charge in [-0.15, -0.1) is 10.2 Å². The van der Waals surface area contributed by atoms with Gasteiger partial charge >= 0.3 is 0 Å². The molecule has 1 heterocycles. The molecule has 0 amide bonds. The maximum Gasteiger partial charge on any atom is 0.247 e. The fourth-order valence-electron chi connectivity index (χ4n) is 3.41. The Balaban J connectivity index is 1.74. The Morgan fingerprint density at radius 3 is 1.25 bits per heavy atom. The third kappa shape index (κ3) is 3.81. The monoisotopic (exact) mass is 370 g/mol. The number of aromatic nitrogens is 2. The van der Waals surface area contributed by atoms with Gasteiger partial charge in [0.15, 0.2) is 0 Å². The summed E-state index contributed by atoms with van der Waals surface area (Å²) in [4.78, 5) is 0. The minimum atomic E-state index is 0.466. The number of benzene rings is 3. The van der Waals surface area contributed by atoms with Gasteiger partial charge in [-0.25, -0.2) is 0 Å². The number of aryl methyl sites for hydroxylation is 4. The number of ether oxygens (including phenoxy) is 2. The highest BCUT2D eigenvalue weighted by Gasteiger charge is 2.13. The van der Waals surface area contributed by atoms with E-state index in [4.69, 9.17) is 9.47 Å². The third-order valence-corrected chi connectivity index (χ3v) is 4.44. The standard InChI is InChI=1S/C24H22N2O2/c1-15-9-16(2)12-19(11-15)27-23-21-7-5-6-8-22(21)24(26-25-23)28-20-13-17(3)10-18(4)14-20/h5-14H,1-4H3. The molecule has 4 aromatic rings. The second-order valence-electron chi connectivity index (χ2n) is 7.21. The fraction of sp³-hybridized carbons (Fsp3) is 0.167. The predicted molar refractivity (Wildman–Crippen MR) is 112 cm³/mol. The van der Waals surface area contributed by atoms with E-state index >= 15 is 0 Å². The van der Waals surface area contributed by atoms with Crippen molar-refractivity contribution in [3.8, 4) is 23.3 Å². The van der Waals surface area contributed by atoms with E-state index in [1.54, 1.807) is 0 Å². The van der Waals surface area contributed by atoms with Gasteiger partial charge in [-0.2, -0.15) is 0 Å². The lowest BCUT2D eigenvalue weighted by Crippen LogP contribution is -1.97. The summed E-state index contributed by atoms with van der Waals surface area (Å²) in [6.07, 6.45) is 0. The van der Waals surface area contributed by atoms with E-state index in [0.29, 0.717) is 11.8 Å². The van der Waals surface area contributed by atoms with Gasteiger partial charge in [0.2, 0.25) is 11.8 Å². The van der Waals surface area contributed by atoms with Gasteiger partial charge < -0.3 is 9.47 Å². The van der Waals surface area contributed by atoms with E-state index in [1.807, 2.05) is 76.2 Å². The van der Waals surface area contributed by atoms with Crippen molar-refractivity contribution in [3.63, 3.8) is 0 Å². The molecule has 0 saturated heterocycles. The van der Waals surface area contributed by atoms with Crippen LogP contribution in [-0.4, -0.2) is 10.2 Å². The molecule has 4 heteroatoms. The smallest absolute Gasteiger partial charge is 0.247 e. The first-order valence-electron chi connectivity index (χ1n) is 9.26. The lowest BCUT2D eigenvalue weighted by molar-refractivity contribution is 0.435. The molecule has 0 spiro atoms. The molecule has 0 aliphatic heterocycles. The molecule has 0 radical (unpaired) electrons. The largest absolute Gasteiger partial charge is 0.437 e. The third-order valence-electron chi connectivity index (χ3n) is 4.44. The zero-order chi connectivity index (χ0) is 19.7. The Kier molecular flexibility index (Phi) is 4.70. The number of hydrogen-bond acceptors (Lipinski definition) is 4. The zero-order valence-corrected chi connectivity index (χ0v) is 16.5. The molecule has 0 aliphatic rings. The van der Waals surface area contributed by atoms with Crippen LogP contribution in [0, 0.1) is 27.7 Å². The summed E-state index contributed by atoms with van der Waals surface area (Å²) in [5.41, 5.74) is 4.56. The van der Waals surface area contributed by atoms with Crippen molar-refractivity contribution in [1.29, 1.82) is 0 Å². The second kappa shape index (κ2) is 7.31. The van der Waals surface area contributed by atoms with Crippen molar-refractivity contribution in [3.05, 3.63) is 82.9 Å². The minimum Gasteiger partial charge on any atom is -0.437 e. The summed E-state index contributed by atoms with van der Waals surface area (Å²) in [7, 11) is 0. The van der Waals surface area contributed by atoms with Crippen LogP contribution in [0.5, 0.6) is 23.3 Å². The predicted octanol–water partition coefficient (Wildman–Crippen LogP) is 6.45. The van der Waals surface area contributed by atoms with Crippen molar-refractivity contribution in [1.82, 2.24) is 10.2 Å². The van der Waals surface area contributed by atoms with Crippen molar-refractivity contribution >= 4 is 10.8 Å². The molecule has 0 unspecified atom stereocenters. The Morgan fingerprint density at radius 1 is 0.536 bits per heavy atom. The first-order valence-corrected chi connectivity index (χ1v) is 9.26. The van der Waals surface area contributed by atoms with Crippen LogP contribution in [0.3, 0.4) is 0 Å². The van der Waals surface area contributed by atoms with E-state index < -0.39 is 0 Å². The molecule has 0 atom stereocenters. The van der Waals surface area contributed by atoms with E-state index in [9.17, 15) is 0 Å². The van der Waals surface area contributed by atoms with Crippen molar-refractivity contribution in [2.24, 2.45) is 0 Å². The van der Waals surface area contributed by atoms with E-state index in [2.05, 4.69) is 22.3 Å². The number of hydrogen-bond donors (Lipinski definition) is 0. The molecule has 4 nitrogen and oxygen atoms in total. The average molecular weight is 370 g/mol. The summed E-state index contributed by atoms with van der Waals surface area (Å²) in [5, 5.41) is 10.3. The van der Waals surface area contributed by atoms with Crippen LogP contribution >= 0.6 is 0 Å². The topological polar surface area (TPSA) is 44.2 Å². The molecule has 0 bridgehead atoms. The molecule has 28 heavy (non-hydrogen) atoms. The molecule has 0 fully saturated rings. The molecule has 0 N–H and O–H groups in total. The maximum atomic E-state index is 6.07. The molecule has 4 rings (SSSR count). The van der Waals surface area contributed by atoms with Crippen LogP contribution in [0.4, 0.5) is 0 Å². The van der Waals surface area contributed by atoms with Crippen LogP contribution in [0.1, 0.15) is 22.3 Å². The molecule has 1 aromatic heterocycles. The summed E-state index contributed by atoms with van der Waals surface area (Å²) in [6, 6.07) is 20.0.